The number of benzene rings is 1. The summed E-state index contributed by atoms with van der Waals surface area (Å²) in [6.07, 6.45) is 0. The van der Waals surface area contributed by atoms with Crippen LogP contribution in [0.15, 0.2) is 24.3 Å². The number of nitrogens with zero attached hydrogens (tertiary/aromatic N) is 1. The van der Waals surface area contributed by atoms with Crippen molar-refractivity contribution < 1.29 is 19.1 Å². The summed E-state index contributed by atoms with van der Waals surface area (Å²) in [5.74, 6) is -1.36. The number of amides is 2. The fraction of sp³-hybridized carbons (Fsp3) is 0.357. The first-order chi connectivity index (χ1) is 8.88. The molecule has 0 radical (unpaired) electrons. The average Bonchev–Trinajstić information content (AvgIpc) is 2.44. The molecule has 0 heterocycles. The first-order valence-electron chi connectivity index (χ1n) is 5.88. The van der Waals surface area contributed by atoms with E-state index in [1.54, 1.807) is 13.8 Å². The fourth-order valence-electron chi connectivity index (χ4n) is 1.55. The molecule has 0 unspecified atom stereocenters. The smallest absolute Gasteiger partial charge is 0.337 e. The zero-order valence-corrected chi connectivity index (χ0v) is 11.5. The van der Waals surface area contributed by atoms with Gasteiger partial charge < -0.3 is 4.74 Å². The summed E-state index contributed by atoms with van der Waals surface area (Å²) < 4.78 is 4.57. The Bertz CT molecular complexity index is 491. The number of hydrogen-bond acceptors (Lipinski definition) is 4. The number of imide groups is 1. The van der Waals surface area contributed by atoms with E-state index < -0.39 is 11.9 Å². The van der Waals surface area contributed by atoms with Crippen molar-refractivity contribution in [1.29, 1.82) is 0 Å². The maximum Gasteiger partial charge on any atom is 0.337 e. The minimum absolute atomic E-state index is 0.247. The van der Waals surface area contributed by atoms with Crippen molar-refractivity contribution in [2.75, 3.05) is 14.2 Å². The Morgan fingerprint density at radius 3 is 1.95 bits per heavy atom. The Morgan fingerprint density at radius 2 is 1.53 bits per heavy atom. The highest BCUT2D eigenvalue weighted by Gasteiger charge is 2.21. The summed E-state index contributed by atoms with van der Waals surface area (Å²) in [6, 6.07) is 5.98. The molecule has 0 saturated heterocycles. The summed E-state index contributed by atoms with van der Waals surface area (Å²) in [6.45, 7) is 3.46. The molecule has 19 heavy (non-hydrogen) atoms. The first-order valence-corrected chi connectivity index (χ1v) is 5.88. The van der Waals surface area contributed by atoms with E-state index in [1.807, 2.05) is 0 Å². The van der Waals surface area contributed by atoms with Crippen molar-refractivity contribution >= 4 is 17.8 Å². The molecule has 2 amide bonds. The van der Waals surface area contributed by atoms with Crippen LogP contribution in [-0.4, -0.2) is 36.8 Å². The second-order valence-corrected chi connectivity index (χ2v) is 4.43. The molecule has 0 saturated carbocycles. The van der Waals surface area contributed by atoms with Gasteiger partial charge in [-0.2, -0.15) is 0 Å². The molecule has 0 fully saturated rings. The van der Waals surface area contributed by atoms with Crippen LogP contribution in [0.25, 0.3) is 0 Å². The van der Waals surface area contributed by atoms with Gasteiger partial charge in [0.2, 0.25) is 5.91 Å². The van der Waals surface area contributed by atoms with E-state index >= 15 is 0 Å². The lowest BCUT2D eigenvalue weighted by atomic mass is 10.1. The van der Waals surface area contributed by atoms with Crippen LogP contribution in [0.2, 0.25) is 0 Å². The molecule has 1 rings (SSSR count). The Balaban J connectivity index is 2.89. The van der Waals surface area contributed by atoms with Crippen molar-refractivity contribution in [3.63, 3.8) is 0 Å². The van der Waals surface area contributed by atoms with Gasteiger partial charge in [0, 0.05) is 18.5 Å². The molecule has 0 aromatic heterocycles. The molecule has 0 bridgehead atoms. The van der Waals surface area contributed by atoms with Crippen LogP contribution in [0.3, 0.4) is 0 Å². The van der Waals surface area contributed by atoms with Crippen molar-refractivity contribution in [3.8, 4) is 0 Å². The molecule has 0 aliphatic rings. The molecular weight excluding hydrogens is 246 g/mol. The highest BCUT2D eigenvalue weighted by atomic mass is 16.5. The van der Waals surface area contributed by atoms with Gasteiger partial charge in [-0.3, -0.25) is 14.5 Å². The summed E-state index contributed by atoms with van der Waals surface area (Å²) >= 11 is 0. The van der Waals surface area contributed by atoms with Gasteiger partial charge in [0.05, 0.1) is 12.7 Å². The molecule has 0 N–H and O–H groups in total. The van der Waals surface area contributed by atoms with Crippen LogP contribution in [0.4, 0.5) is 0 Å². The summed E-state index contributed by atoms with van der Waals surface area (Å²) in [5.41, 5.74) is 0.709. The number of hydrogen-bond donors (Lipinski definition) is 0. The van der Waals surface area contributed by atoms with Crippen LogP contribution in [0.5, 0.6) is 0 Å². The van der Waals surface area contributed by atoms with E-state index in [-0.39, 0.29) is 11.8 Å². The minimum Gasteiger partial charge on any atom is -0.465 e. The monoisotopic (exact) mass is 263 g/mol. The van der Waals surface area contributed by atoms with Gasteiger partial charge in [0.15, 0.2) is 0 Å². The molecule has 1 aromatic carbocycles. The summed E-state index contributed by atoms with van der Waals surface area (Å²) in [5, 5.41) is 0. The molecule has 0 aliphatic heterocycles. The molecule has 102 valence electrons. The number of rotatable bonds is 3. The average molecular weight is 263 g/mol. The molecule has 0 spiro atoms. The maximum atomic E-state index is 12.0. The van der Waals surface area contributed by atoms with Gasteiger partial charge in [-0.15, -0.1) is 0 Å². The third-order valence-corrected chi connectivity index (χ3v) is 2.68. The van der Waals surface area contributed by atoms with Crippen LogP contribution < -0.4 is 0 Å². The van der Waals surface area contributed by atoms with Crippen molar-refractivity contribution in [1.82, 2.24) is 4.90 Å². The number of ether oxygens (including phenoxy) is 1. The Morgan fingerprint density at radius 1 is 1.05 bits per heavy atom. The van der Waals surface area contributed by atoms with Crippen LogP contribution >= 0.6 is 0 Å². The number of esters is 1. The Kier molecular flexibility index (Phi) is 4.80. The van der Waals surface area contributed by atoms with Crippen LogP contribution in [-0.2, 0) is 9.53 Å². The highest BCUT2D eigenvalue weighted by molar-refractivity contribution is 6.05. The number of methoxy groups -OCH3 is 1. The minimum atomic E-state index is -0.467. The van der Waals surface area contributed by atoms with E-state index in [0.29, 0.717) is 11.1 Å². The molecule has 1 aromatic rings. The predicted molar refractivity (Wildman–Crippen MR) is 69.7 cm³/mol. The standard InChI is InChI=1S/C14H17NO4/c1-9(2)12(16)15(3)13(17)10-5-7-11(8-6-10)14(18)19-4/h5-9H,1-4H3. The lowest BCUT2D eigenvalue weighted by Crippen LogP contribution is -2.36. The van der Waals surface area contributed by atoms with E-state index in [0.717, 1.165) is 4.90 Å². The van der Waals surface area contributed by atoms with Crippen LogP contribution in [0.1, 0.15) is 34.6 Å². The van der Waals surface area contributed by atoms with Gasteiger partial charge in [-0.05, 0) is 24.3 Å². The van der Waals surface area contributed by atoms with Crippen LogP contribution in [0, 0.1) is 5.92 Å². The highest BCUT2D eigenvalue weighted by Crippen LogP contribution is 2.10. The van der Waals surface area contributed by atoms with Gasteiger partial charge in [0.25, 0.3) is 5.91 Å². The Labute approximate surface area is 112 Å². The Hall–Kier alpha value is -2.17. The van der Waals surface area contributed by atoms with E-state index in [9.17, 15) is 14.4 Å². The quantitative estimate of drug-likeness (QED) is 0.779. The second kappa shape index (κ2) is 6.13. The first kappa shape index (κ1) is 14.9. The lowest BCUT2D eigenvalue weighted by molar-refractivity contribution is -0.130. The largest absolute Gasteiger partial charge is 0.465 e. The van der Waals surface area contributed by atoms with E-state index in [1.165, 1.54) is 38.4 Å². The third kappa shape index (κ3) is 3.40. The number of carbonyl (C=O) groups is 3. The van der Waals surface area contributed by atoms with Crippen molar-refractivity contribution in [2.24, 2.45) is 5.92 Å². The third-order valence-electron chi connectivity index (χ3n) is 2.68. The second-order valence-electron chi connectivity index (χ2n) is 4.43. The summed E-state index contributed by atoms with van der Waals surface area (Å²) in [4.78, 5) is 36.1. The maximum absolute atomic E-state index is 12.0. The van der Waals surface area contributed by atoms with Gasteiger partial charge in [0.1, 0.15) is 0 Å². The van der Waals surface area contributed by atoms with Gasteiger partial charge in [-0.1, -0.05) is 13.8 Å². The van der Waals surface area contributed by atoms with Crippen molar-refractivity contribution in [3.05, 3.63) is 35.4 Å². The molecule has 5 nitrogen and oxygen atoms in total. The normalized spacial score (nSPS) is 10.2. The topological polar surface area (TPSA) is 63.7 Å². The fourth-order valence-corrected chi connectivity index (χ4v) is 1.55. The number of carbonyl (C=O) groups excluding carboxylic acids is 3. The molecule has 5 heteroatoms. The zero-order chi connectivity index (χ0) is 14.6. The van der Waals surface area contributed by atoms with Gasteiger partial charge in [-0.25, -0.2) is 4.79 Å². The lowest BCUT2D eigenvalue weighted by Gasteiger charge is -2.17. The summed E-state index contributed by atoms with van der Waals surface area (Å²) in [7, 11) is 2.73. The van der Waals surface area contributed by atoms with Crippen molar-refractivity contribution in [2.45, 2.75) is 13.8 Å². The predicted octanol–water partition coefficient (Wildman–Crippen LogP) is 1.73. The zero-order valence-electron chi connectivity index (χ0n) is 11.5. The van der Waals surface area contributed by atoms with E-state index in [4.69, 9.17) is 0 Å². The molecule has 0 atom stereocenters. The molecular formula is C14H17NO4. The van der Waals surface area contributed by atoms with Gasteiger partial charge >= 0.3 is 5.97 Å². The molecule has 0 aliphatic carbocycles. The van der Waals surface area contributed by atoms with E-state index in [2.05, 4.69) is 4.74 Å². The SMILES string of the molecule is COC(=O)c1ccc(C(=O)N(C)C(=O)C(C)C)cc1.